The Balaban J connectivity index is 1.85. The molecule has 1 saturated carbocycles. The van der Waals surface area contributed by atoms with Gasteiger partial charge < -0.3 is 13.9 Å². The highest BCUT2D eigenvalue weighted by Gasteiger charge is 2.77. The Kier molecular flexibility index (Phi) is 4.64. The van der Waals surface area contributed by atoms with Crippen LogP contribution in [0.15, 0.2) is 0 Å². The fourth-order valence-electron chi connectivity index (χ4n) is 5.87. The normalized spacial score (nSPS) is 51.5. The minimum atomic E-state index is -4.69. The monoisotopic (exact) mass is 424 g/mol. The van der Waals surface area contributed by atoms with Crippen molar-refractivity contribution in [3.63, 3.8) is 0 Å². The van der Waals surface area contributed by atoms with Crippen LogP contribution in [0.3, 0.4) is 0 Å². The van der Waals surface area contributed by atoms with Crippen molar-refractivity contribution < 1.29 is 36.8 Å². The Morgan fingerprint density at radius 1 is 0.964 bits per heavy atom. The second kappa shape index (κ2) is 6.17. The Hall–Kier alpha value is -0.193. The summed E-state index contributed by atoms with van der Waals surface area (Å²) >= 11 is 0. The number of alkyl halides is 3. The number of halogens is 3. The molecule has 4 aliphatic heterocycles. The summed E-state index contributed by atoms with van der Waals surface area (Å²) in [7, 11) is -2.61. The van der Waals surface area contributed by atoms with Crippen molar-refractivity contribution in [2.24, 2.45) is 23.7 Å². The van der Waals surface area contributed by atoms with Gasteiger partial charge in [-0.15, -0.1) is 0 Å². The molecule has 4 saturated heterocycles. The van der Waals surface area contributed by atoms with Gasteiger partial charge in [-0.1, -0.05) is 13.8 Å². The maximum atomic E-state index is 14.5. The quantitative estimate of drug-likeness (QED) is 0.462. The van der Waals surface area contributed by atoms with Gasteiger partial charge in [-0.05, 0) is 57.7 Å². The minimum Gasteiger partial charge on any atom is -0.384 e. The van der Waals surface area contributed by atoms with Gasteiger partial charge in [0.2, 0.25) is 5.79 Å². The molecule has 5 rings (SSSR count). The lowest BCUT2D eigenvalue weighted by molar-refractivity contribution is -0.595. The highest BCUT2D eigenvalue weighted by atomic mass is 28.4. The smallest absolute Gasteiger partial charge is 0.384 e. The van der Waals surface area contributed by atoms with Gasteiger partial charge in [0.1, 0.15) is 0 Å². The maximum Gasteiger partial charge on any atom is 0.442 e. The van der Waals surface area contributed by atoms with Crippen molar-refractivity contribution in [3.05, 3.63) is 0 Å². The number of hydrogen-bond donors (Lipinski definition) is 0. The molecule has 4 heterocycles. The average Bonchev–Trinajstić information content (AvgIpc) is 2.76. The lowest BCUT2D eigenvalue weighted by Gasteiger charge is -2.63. The molecular formula is C19H31F3O5Si. The first-order chi connectivity index (χ1) is 12.7. The fraction of sp³-hybridized carbons (Fsp3) is 1.00. The topological polar surface area (TPSA) is 46.2 Å². The zero-order chi connectivity index (χ0) is 20.8. The number of hydrogen-bond acceptors (Lipinski definition) is 5. The van der Waals surface area contributed by atoms with E-state index < -0.39 is 49.8 Å². The van der Waals surface area contributed by atoms with E-state index in [-0.39, 0.29) is 5.92 Å². The van der Waals surface area contributed by atoms with Gasteiger partial charge in [0.15, 0.2) is 20.2 Å². The summed E-state index contributed by atoms with van der Waals surface area (Å²) in [6, 6.07) is 0. The molecule has 9 heteroatoms. The van der Waals surface area contributed by atoms with Crippen molar-refractivity contribution in [2.45, 2.75) is 95.7 Å². The molecule has 0 amide bonds. The Labute approximate surface area is 165 Å². The lowest BCUT2D eigenvalue weighted by Crippen LogP contribution is -2.76. The summed E-state index contributed by atoms with van der Waals surface area (Å²) in [6.45, 7) is 10.6. The molecule has 8 atom stereocenters. The molecule has 1 unspecified atom stereocenters. The molecule has 0 aromatic carbocycles. The maximum absolute atomic E-state index is 14.5. The Morgan fingerprint density at radius 3 is 2.25 bits per heavy atom. The van der Waals surface area contributed by atoms with E-state index in [1.807, 2.05) is 0 Å². The van der Waals surface area contributed by atoms with Crippen LogP contribution in [0, 0.1) is 23.7 Å². The van der Waals surface area contributed by atoms with E-state index in [0.29, 0.717) is 18.8 Å². The summed E-state index contributed by atoms with van der Waals surface area (Å²) in [5.74, 6) is -4.89. The number of rotatable bonds is 2. The van der Waals surface area contributed by atoms with Crippen molar-refractivity contribution in [3.8, 4) is 0 Å². The summed E-state index contributed by atoms with van der Waals surface area (Å²) in [4.78, 5) is 11.6. The van der Waals surface area contributed by atoms with Gasteiger partial charge in [-0.25, -0.2) is 9.78 Å². The van der Waals surface area contributed by atoms with Crippen LogP contribution in [0.25, 0.3) is 0 Å². The number of ether oxygens (including phenoxy) is 2. The first-order valence-corrected chi connectivity index (χ1v) is 13.6. The summed E-state index contributed by atoms with van der Waals surface area (Å²) in [6.07, 6.45) is -3.11. The first kappa shape index (κ1) is 21.1. The molecule has 2 bridgehead atoms. The summed E-state index contributed by atoms with van der Waals surface area (Å²) in [5, 5.41) is 0. The van der Waals surface area contributed by atoms with Crippen molar-refractivity contribution in [1.82, 2.24) is 0 Å². The van der Waals surface area contributed by atoms with Gasteiger partial charge >= 0.3 is 6.18 Å². The van der Waals surface area contributed by atoms with E-state index >= 15 is 0 Å². The highest BCUT2D eigenvalue weighted by Crippen LogP contribution is 2.64. The molecule has 0 radical (unpaired) electrons. The van der Waals surface area contributed by atoms with Gasteiger partial charge in [0, 0.05) is 18.3 Å². The van der Waals surface area contributed by atoms with Crippen LogP contribution in [0.2, 0.25) is 19.6 Å². The van der Waals surface area contributed by atoms with Crippen LogP contribution in [-0.4, -0.2) is 38.0 Å². The first-order valence-electron chi connectivity index (χ1n) is 10.2. The van der Waals surface area contributed by atoms with Crippen molar-refractivity contribution in [2.75, 3.05) is 0 Å². The summed E-state index contributed by atoms with van der Waals surface area (Å²) in [5.41, 5.74) is -1.04. The molecule has 162 valence electrons. The molecular weight excluding hydrogens is 393 g/mol. The standard InChI is InChI=1S/C19H31F3O5Si/c1-11-7-8-14-12(2)18(19(20,21)22,27-28(4,5)6)24-15-17(14)13(11)9-10-16(3,23-15)25-26-17/h11-15H,7-10H2,1-6H3/t11-,12-,13+,14+,15+,16+,17?,18+/m1/s1. The Morgan fingerprint density at radius 2 is 1.64 bits per heavy atom. The number of fused-ring (bicyclic) bond motifs is 2. The largest absolute Gasteiger partial charge is 0.442 e. The van der Waals surface area contributed by atoms with E-state index in [1.54, 1.807) is 33.5 Å². The molecule has 28 heavy (non-hydrogen) atoms. The molecule has 1 spiro atoms. The van der Waals surface area contributed by atoms with Gasteiger partial charge in [0.05, 0.1) is 0 Å². The van der Waals surface area contributed by atoms with E-state index in [1.165, 1.54) is 0 Å². The van der Waals surface area contributed by atoms with E-state index in [0.717, 1.165) is 12.8 Å². The zero-order valence-corrected chi connectivity index (χ0v) is 18.4. The Bertz CT molecular complexity index is 640. The third-order valence-electron chi connectivity index (χ3n) is 7.11. The van der Waals surface area contributed by atoms with E-state index in [4.69, 9.17) is 23.7 Å². The van der Waals surface area contributed by atoms with E-state index in [2.05, 4.69) is 6.92 Å². The SMILES string of the molecule is C[C@@H]1CC[C@H]2[C@@H](C)[C@](O[Si](C)(C)C)(C(F)(F)F)O[C@@H]3O[C@]4(C)CC[C@@H]1C32OO4. The molecule has 0 N–H and O–H groups in total. The molecule has 1 aliphatic carbocycles. The average molecular weight is 425 g/mol. The molecule has 0 aromatic rings. The third-order valence-corrected chi connectivity index (χ3v) is 8.03. The van der Waals surface area contributed by atoms with Crippen LogP contribution in [0.5, 0.6) is 0 Å². The fourth-order valence-corrected chi connectivity index (χ4v) is 7.13. The minimum absolute atomic E-state index is 0.0149. The highest BCUT2D eigenvalue weighted by molar-refractivity contribution is 6.69. The molecule has 5 nitrogen and oxygen atoms in total. The van der Waals surface area contributed by atoms with Crippen LogP contribution in [0.1, 0.15) is 46.5 Å². The second-order valence-corrected chi connectivity index (χ2v) is 14.6. The van der Waals surface area contributed by atoms with Crippen LogP contribution in [0.4, 0.5) is 13.2 Å². The van der Waals surface area contributed by atoms with Crippen molar-refractivity contribution >= 4 is 8.32 Å². The predicted octanol–water partition coefficient (Wildman–Crippen LogP) is 4.98. The van der Waals surface area contributed by atoms with E-state index in [9.17, 15) is 13.2 Å². The third kappa shape index (κ3) is 2.84. The van der Waals surface area contributed by atoms with Gasteiger partial charge in [0.25, 0.3) is 5.79 Å². The van der Waals surface area contributed by atoms with Gasteiger partial charge in [-0.2, -0.15) is 13.2 Å². The molecule has 5 fully saturated rings. The second-order valence-electron chi connectivity index (χ2n) is 10.2. The summed E-state index contributed by atoms with van der Waals surface area (Å²) < 4.78 is 61.3. The zero-order valence-electron chi connectivity index (χ0n) is 17.4. The van der Waals surface area contributed by atoms with Crippen LogP contribution in [-0.2, 0) is 23.7 Å². The van der Waals surface area contributed by atoms with Crippen LogP contribution >= 0.6 is 0 Å². The molecule has 5 aliphatic rings. The van der Waals surface area contributed by atoms with Gasteiger partial charge in [-0.3, -0.25) is 0 Å². The van der Waals surface area contributed by atoms with Crippen LogP contribution < -0.4 is 0 Å². The molecule has 0 aromatic heterocycles. The lowest BCUT2D eigenvalue weighted by atomic mass is 9.57. The predicted molar refractivity (Wildman–Crippen MR) is 96.3 cm³/mol. The van der Waals surface area contributed by atoms with Crippen molar-refractivity contribution in [1.29, 1.82) is 0 Å².